The van der Waals surface area contributed by atoms with Gasteiger partial charge in [0.15, 0.2) is 0 Å². The van der Waals surface area contributed by atoms with Crippen LogP contribution in [0.1, 0.15) is 13.8 Å². The van der Waals surface area contributed by atoms with Crippen LogP contribution in [-0.4, -0.2) is 30.4 Å². The molecule has 10 heteroatoms. The Labute approximate surface area is 126 Å². The molecule has 1 rings (SSSR count). The van der Waals surface area contributed by atoms with Gasteiger partial charge >= 0.3 is 12.2 Å². The smallest absolute Gasteiger partial charge is 0.449 e. The highest BCUT2D eigenvalue weighted by Crippen LogP contribution is 2.17. The van der Waals surface area contributed by atoms with Crippen LogP contribution in [-0.2, 0) is 9.47 Å². The lowest BCUT2D eigenvalue weighted by atomic mass is 10.3. The standard InChI is InChI=1S/C9H9NO5.C3H8N2O2/c1-2-14-9(11)15-8-5-3-7(4-6-8)10(12)13;1-2-7-3(6)5-4/h3-6H,2H2,1H3;2,4H2,1H3,(H,5,6). The molecule has 0 atom stereocenters. The van der Waals surface area contributed by atoms with Crippen molar-refractivity contribution >= 4 is 17.9 Å². The van der Waals surface area contributed by atoms with Gasteiger partial charge in [-0.05, 0) is 26.0 Å². The first kappa shape index (κ1) is 19.1. The van der Waals surface area contributed by atoms with Crippen LogP contribution >= 0.6 is 0 Å². The summed E-state index contributed by atoms with van der Waals surface area (Å²) >= 11 is 0. The van der Waals surface area contributed by atoms with Crippen LogP contribution in [0.25, 0.3) is 0 Å². The molecular formula is C12H17N3O7. The summed E-state index contributed by atoms with van der Waals surface area (Å²) in [5.74, 6) is 4.84. The van der Waals surface area contributed by atoms with E-state index < -0.39 is 17.2 Å². The number of nitro groups is 1. The highest BCUT2D eigenvalue weighted by molar-refractivity contribution is 5.66. The molecule has 0 aromatic heterocycles. The number of nitrogens with zero attached hydrogens (tertiary/aromatic N) is 1. The average molecular weight is 315 g/mol. The quantitative estimate of drug-likeness (QED) is 0.213. The van der Waals surface area contributed by atoms with Gasteiger partial charge in [-0.1, -0.05) is 0 Å². The van der Waals surface area contributed by atoms with Gasteiger partial charge in [0, 0.05) is 12.1 Å². The molecular weight excluding hydrogens is 298 g/mol. The number of benzene rings is 1. The van der Waals surface area contributed by atoms with Gasteiger partial charge < -0.3 is 14.2 Å². The number of hydrogen-bond acceptors (Lipinski definition) is 8. The van der Waals surface area contributed by atoms with Gasteiger partial charge in [0.1, 0.15) is 5.75 Å². The molecule has 0 spiro atoms. The van der Waals surface area contributed by atoms with Crippen molar-refractivity contribution in [3.63, 3.8) is 0 Å². The Kier molecular flexibility index (Phi) is 9.43. The molecule has 122 valence electrons. The summed E-state index contributed by atoms with van der Waals surface area (Å²) in [7, 11) is 0. The number of nitrogens with two attached hydrogens (primary N) is 1. The molecule has 1 amide bonds. The third kappa shape index (κ3) is 8.32. The SMILES string of the molecule is CCOC(=O)NN.CCOC(=O)Oc1ccc([N+](=O)[O-])cc1. The van der Waals surface area contributed by atoms with E-state index in [9.17, 15) is 19.7 Å². The minimum Gasteiger partial charge on any atom is -0.449 e. The van der Waals surface area contributed by atoms with Crippen LogP contribution < -0.4 is 16.0 Å². The molecule has 0 fully saturated rings. The van der Waals surface area contributed by atoms with E-state index in [1.807, 2.05) is 0 Å². The van der Waals surface area contributed by atoms with E-state index in [-0.39, 0.29) is 18.0 Å². The van der Waals surface area contributed by atoms with Gasteiger partial charge in [-0.15, -0.1) is 0 Å². The Morgan fingerprint density at radius 3 is 2.09 bits per heavy atom. The van der Waals surface area contributed by atoms with Crippen molar-refractivity contribution in [3.8, 4) is 5.75 Å². The van der Waals surface area contributed by atoms with Crippen LogP contribution in [0.2, 0.25) is 0 Å². The fourth-order valence-corrected chi connectivity index (χ4v) is 1.05. The number of nitrogens with one attached hydrogen (secondary N) is 1. The van der Waals surface area contributed by atoms with Gasteiger partial charge in [0.2, 0.25) is 0 Å². The molecule has 0 aliphatic heterocycles. The molecule has 0 saturated heterocycles. The lowest BCUT2D eigenvalue weighted by Crippen LogP contribution is -2.30. The van der Waals surface area contributed by atoms with Crippen molar-refractivity contribution < 1.29 is 28.7 Å². The van der Waals surface area contributed by atoms with Crippen molar-refractivity contribution in [3.05, 3.63) is 34.4 Å². The highest BCUT2D eigenvalue weighted by Gasteiger charge is 2.07. The molecule has 1 aromatic carbocycles. The van der Waals surface area contributed by atoms with E-state index >= 15 is 0 Å². The predicted molar refractivity (Wildman–Crippen MR) is 75.1 cm³/mol. The third-order valence-corrected chi connectivity index (χ3v) is 1.90. The van der Waals surface area contributed by atoms with Crippen molar-refractivity contribution in [2.75, 3.05) is 13.2 Å². The number of hydrazine groups is 1. The fourth-order valence-electron chi connectivity index (χ4n) is 1.05. The van der Waals surface area contributed by atoms with Crippen molar-refractivity contribution in [1.82, 2.24) is 5.43 Å². The normalized spacial score (nSPS) is 8.86. The van der Waals surface area contributed by atoms with Gasteiger partial charge in [-0.25, -0.2) is 15.4 Å². The second kappa shape index (κ2) is 10.9. The topological polar surface area (TPSA) is 143 Å². The maximum Gasteiger partial charge on any atom is 0.513 e. The minimum atomic E-state index is -0.827. The number of non-ortho nitro benzene ring substituents is 1. The molecule has 0 radical (unpaired) electrons. The number of ether oxygens (including phenoxy) is 3. The van der Waals surface area contributed by atoms with E-state index in [0.29, 0.717) is 6.61 Å². The third-order valence-electron chi connectivity index (χ3n) is 1.90. The number of carbonyl (C=O) groups excluding carboxylic acids is 2. The lowest BCUT2D eigenvalue weighted by molar-refractivity contribution is -0.384. The summed E-state index contributed by atoms with van der Waals surface area (Å²) < 4.78 is 13.6. The van der Waals surface area contributed by atoms with E-state index in [0.717, 1.165) is 0 Å². The van der Waals surface area contributed by atoms with E-state index in [1.54, 1.807) is 19.3 Å². The second-order valence-electron chi connectivity index (χ2n) is 3.40. The van der Waals surface area contributed by atoms with Crippen LogP contribution in [0, 0.1) is 10.1 Å². The van der Waals surface area contributed by atoms with E-state index in [4.69, 9.17) is 4.74 Å². The first-order valence-electron chi connectivity index (χ1n) is 6.17. The van der Waals surface area contributed by atoms with E-state index in [1.165, 1.54) is 24.3 Å². The highest BCUT2D eigenvalue weighted by atomic mass is 16.7. The summed E-state index contributed by atoms with van der Waals surface area (Å²) in [5, 5.41) is 10.3. The summed E-state index contributed by atoms with van der Waals surface area (Å²) in [6, 6.07) is 5.15. The van der Waals surface area contributed by atoms with Crippen LogP contribution in [0.3, 0.4) is 0 Å². The van der Waals surface area contributed by atoms with Crippen LogP contribution in [0.5, 0.6) is 5.75 Å². The Morgan fingerprint density at radius 2 is 1.73 bits per heavy atom. The first-order chi connectivity index (χ1) is 10.4. The van der Waals surface area contributed by atoms with Gasteiger partial charge in [-0.3, -0.25) is 15.5 Å². The maximum absolute atomic E-state index is 10.9. The van der Waals surface area contributed by atoms with Gasteiger partial charge in [0.25, 0.3) is 5.69 Å². The summed E-state index contributed by atoms with van der Waals surface area (Å²) in [6.45, 7) is 3.92. The number of rotatable bonds is 4. The lowest BCUT2D eigenvalue weighted by Gasteiger charge is -2.02. The first-order valence-corrected chi connectivity index (χ1v) is 6.17. The monoisotopic (exact) mass is 315 g/mol. The van der Waals surface area contributed by atoms with Gasteiger partial charge in [-0.2, -0.15) is 0 Å². The Bertz CT molecular complexity index is 490. The zero-order valence-corrected chi connectivity index (χ0v) is 12.1. The molecule has 1 aromatic rings. The number of carbonyl (C=O) groups is 2. The minimum absolute atomic E-state index is 0.0637. The molecule has 0 bridgehead atoms. The number of hydrogen-bond donors (Lipinski definition) is 2. The summed E-state index contributed by atoms with van der Waals surface area (Å²) in [4.78, 5) is 30.6. The van der Waals surface area contributed by atoms with E-state index in [2.05, 4.69) is 15.3 Å². The summed E-state index contributed by atoms with van der Waals surface area (Å²) in [5.41, 5.74) is 1.74. The predicted octanol–water partition coefficient (Wildman–Crippen LogP) is 1.74. The Hall–Kier alpha value is -2.88. The molecule has 0 aliphatic rings. The van der Waals surface area contributed by atoms with Crippen molar-refractivity contribution in [2.45, 2.75) is 13.8 Å². The molecule has 0 saturated carbocycles. The fraction of sp³-hybridized carbons (Fsp3) is 0.333. The second-order valence-corrected chi connectivity index (χ2v) is 3.40. The largest absolute Gasteiger partial charge is 0.513 e. The molecule has 0 heterocycles. The van der Waals surface area contributed by atoms with Crippen molar-refractivity contribution in [2.24, 2.45) is 5.84 Å². The van der Waals surface area contributed by atoms with Crippen molar-refractivity contribution in [1.29, 1.82) is 0 Å². The Morgan fingerprint density at radius 1 is 1.18 bits per heavy atom. The molecule has 22 heavy (non-hydrogen) atoms. The van der Waals surface area contributed by atoms with Gasteiger partial charge in [0.05, 0.1) is 18.1 Å². The molecule has 0 unspecified atom stereocenters. The average Bonchev–Trinajstić information content (AvgIpc) is 2.49. The molecule has 0 aliphatic carbocycles. The Balaban J connectivity index is 0.000000534. The van der Waals surface area contributed by atoms with Crippen LogP contribution in [0.4, 0.5) is 15.3 Å². The molecule has 3 N–H and O–H groups in total. The maximum atomic E-state index is 10.9. The number of amides is 1. The summed E-state index contributed by atoms with van der Waals surface area (Å²) in [6.07, 6.45) is -1.42. The van der Waals surface area contributed by atoms with Crippen LogP contribution in [0.15, 0.2) is 24.3 Å². The zero-order chi connectivity index (χ0) is 17.0. The molecule has 10 nitrogen and oxygen atoms in total. The zero-order valence-electron chi connectivity index (χ0n) is 12.1. The number of nitro benzene ring substituents is 1.